The summed E-state index contributed by atoms with van der Waals surface area (Å²) in [6.07, 6.45) is 5.77. The van der Waals surface area contributed by atoms with Gasteiger partial charge < -0.3 is 9.88 Å². The van der Waals surface area contributed by atoms with Crippen LogP contribution < -0.4 is 5.32 Å². The summed E-state index contributed by atoms with van der Waals surface area (Å²) >= 11 is 0. The second-order valence-corrected chi connectivity index (χ2v) is 3.98. The molecule has 0 aromatic carbocycles. The molecule has 5 heteroatoms. The van der Waals surface area contributed by atoms with Gasteiger partial charge in [0.05, 0.1) is 17.9 Å². The van der Waals surface area contributed by atoms with Crippen molar-refractivity contribution in [3.8, 4) is 0 Å². The van der Waals surface area contributed by atoms with E-state index < -0.39 is 0 Å². The van der Waals surface area contributed by atoms with Crippen LogP contribution in [-0.4, -0.2) is 25.9 Å². The van der Waals surface area contributed by atoms with E-state index in [0.29, 0.717) is 6.54 Å². The third-order valence-corrected chi connectivity index (χ3v) is 2.40. The average Bonchev–Trinajstić information content (AvgIpc) is 2.83. The van der Waals surface area contributed by atoms with E-state index in [9.17, 15) is 0 Å². The van der Waals surface area contributed by atoms with Crippen molar-refractivity contribution in [2.24, 2.45) is 7.05 Å². The van der Waals surface area contributed by atoms with Gasteiger partial charge in [0.25, 0.3) is 0 Å². The first-order chi connectivity index (χ1) is 8.19. The minimum Gasteiger partial charge on any atom is -0.352 e. The van der Waals surface area contributed by atoms with E-state index in [4.69, 9.17) is 0 Å². The summed E-state index contributed by atoms with van der Waals surface area (Å²) in [6, 6.07) is 2.01. The first kappa shape index (κ1) is 11.4. The Morgan fingerprint density at radius 2 is 2.35 bits per heavy atom. The van der Waals surface area contributed by atoms with Crippen molar-refractivity contribution in [2.75, 3.05) is 11.9 Å². The molecule has 2 aromatic heterocycles. The third kappa shape index (κ3) is 2.75. The summed E-state index contributed by atoms with van der Waals surface area (Å²) in [4.78, 5) is 4.42. The summed E-state index contributed by atoms with van der Waals surface area (Å²) in [5, 5.41) is 7.57. The van der Waals surface area contributed by atoms with Crippen LogP contribution in [0.1, 0.15) is 11.4 Å². The van der Waals surface area contributed by atoms with Gasteiger partial charge in [0.2, 0.25) is 5.95 Å². The molecule has 0 radical (unpaired) electrons. The molecule has 90 valence electrons. The second-order valence-electron chi connectivity index (χ2n) is 3.98. The van der Waals surface area contributed by atoms with Crippen LogP contribution in [0.3, 0.4) is 0 Å². The van der Waals surface area contributed by atoms with Crippen LogP contribution in [0.25, 0.3) is 0 Å². The van der Waals surface area contributed by atoms with Gasteiger partial charge in [-0.05, 0) is 13.0 Å². The molecule has 0 atom stereocenters. The van der Waals surface area contributed by atoms with E-state index in [1.165, 1.54) is 0 Å². The molecule has 0 aliphatic carbocycles. The Hall–Kier alpha value is -2.04. The Morgan fingerprint density at radius 3 is 3.00 bits per heavy atom. The van der Waals surface area contributed by atoms with Gasteiger partial charge in [-0.3, -0.25) is 4.68 Å². The number of aryl methyl sites for hydroxylation is 2. The number of hydrogen-bond donors (Lipinski definition) is 1. The Balaban J connectivity index is 2.16. The van der Waals surface area contributed by atoms with Crippen LogP contribution in [0.5, 0.6) is 0 Å². The van der Waals surface area contributed by atoms with E-state index in [1.807, 2.05) is 38.5 Å². The van der Waals surface area contributed by atoms with E-state index >= 15 is 0 Å². The maximum absolute atomic E-state index is 4.42. The minimum absolute atomic E-state index is 0.707. The highest BCUT2D eigenvalue weighted by molar-refractivity contribution is 5.30. The molecule has 5 nitrogen and oxygen atoms in total. The summed E-state index contributed by atoms with van der Waals surface area (Å²) in [6.45, 7) is 7.09. The van der Waals surface area contributed by atoms with Crippen LogP contribution >= 0.6 is 0 Å². The fourth-order valence-corrected chi connectivity index (χ4v) is 1.69. The predicted molar refractivity (Wildman–Crippen MR) is 68.0 cm³/mol. The molecule has 0 aliphatic rings. The Morgan fingerprint density at radius 1 is 1.53 bits per heavy atom. The molecule has 1 N–H and O–H groups in total. The molecular weight excluding hydrogens is 214 g/mol. The zero-order valence-electron chi connectivity index (χ0n) is 10.2. The van der Waals surface area contributed by atoms with E-state index in [-0.39, 0.29) is 0 Å². The lowest BCUT2D eigenvalue weighted by Gasteiger charge is -2.06. The van der Waals surface area contributed by atoms with Gasteiger partial charge in [-0.25, -0.2) is 4.98 Å². The number of aromatic nitrogens is 4. The molecule has 2 aromatic rings. The van der Waals surface area contributed by atoms with Gasteiger partial charge in [0, 0.05) is 26.0 Å². The number of hydrogen-bond acceptors (Lipinski definition) is 3. The molecule has 17 heavy (non-hydrogen) atoms. The third-order valence-electron chi connectivity index (χ3n) is 2.40. The number of nitrogens with zero attached hydrogens (tertiary/aromatic N) is 4. The van der Waals surface area contributed by atoms with Crippen LogP contribution in [0.15, 0.2) is 31.1 Å². The Labute approximate surface area is 101 Å². The molecule has 2 heterocycles. The lowest BCUT2D eigenvalue weighted by atomic mass is 10.4. The van der Waals surface area contributed by atoms with Crippen molar-refractivity contribution in [3.05, 3.63) is 42.5 Å². The first-order valence-corrected chi connectivity index (χ1v) is 5.56. The molecule has 0 spiro atoms. The second kappa shape index (κ2) is 4.86. The Bertz CT molecular complexity index is 509. The van der Waals surface area contributed by atoms with Gasteiger partial charge in [0.15, 0.2) is 0 Å². The normalized spacial score (nSPS) is 10.5. The van der Waals surface area contributed by atoms with Crippen molar-refractivity contribution in [2.45, 2.75) is 13.5 Å². The van der Waals surface area contributed by atoms with Crippen molar-refractivity contribution >= 4 is 5.95 Å². The lowest BCUT2D eigenvalue weighted by molar-refractivity contribution is 0.708. The Kier molecular flexibility index (Phi) is 3.27. The zero-order chi connectivity index (χ0) is 12.3. The molecule has 0 aliphatic heterocycles. The van der Waals surface area contributed by atoms with E-state index in [1.54, 1.807) is 4.68 Å². The number of rotatable bonds is 5. The summed E-state index contributed by atoms with van der Waals surface area (Å²) in [5.74, 6) is 0.855. The lowest BCUT2D eigenvalue weighted by Crippen LogP contribution is -2.08. The fraction of sp³-hybridized carbons (Fsp3) is 0.333. The first-order valence-electron chi connectivity index (χ1n) is 5.56. The average molecular weight is 231 g/mol. The van der Waals surface area contributed by atoms with Crippen molar-refractivity contribution in [1.82, 2.24) is 19.3 Å². The number of anilines is 1. The number of imidazole rings is 1. The number of nitrogens with one attached hydrogen (secondary N) is 1. The molecule has 0 fully saturated rings. The van der Waals surface area contributed by atoms with Crippen LogP contribution in [0.4, 0.5) is 5.95 Å². The van der Waals surface area contributed by atoms with Crippen molar-refractivity contribution < 1.29 is 0 Å². The maximum Gasteiger partial charge on any atom is 0.203 e. The van der Waals surface area contributed by atoms with E-state index in [0.717, 1.165) is 23.9 Å². The predicted octanol–water partition coefficient (Wildman–Crippen LogP) is 1.57. The van der Waals surface area contributed by atoms with E-state index in [2.05, 4.69) is 26.5 Å². The highest BCUT2D eigenvalue weighted by atomic mass is 15.3. The quantitative estimate of drug-likeness (QED) is 0.795. The van der Waals surface area contributed by atoms with Gasteiger partial charge in [-0.15, -0.1) is 6.58 Å². The molecular formula is C12H17N5. The van der Waals surface area contributed by atoms with Crippen molar-refractivity contribution in [1.29, 1.82) is 0 Å². The van der Waals surface area contributed by atoms with Crippen LogP contribution in [0.2, 0.25) is 0 Å². The van der Waals surface area contributed by atoms with Crippen molar-refractivity contribution in [3.63, 3.8) is 0 Å². The monoisotopic (exact) mass is 231 g/mol. The zero-order valence-corrected chi connectivity index (χ0v) is 10.2. The molecule has 0 amide bonds. The molecule has 0 bridgehead atoms. The summed E-state index contributed by atoms with van der Waals surface area (Å²) in [5.41, 5.74) is 2.01. The highest BCUT2D eigenvalue weighted by Crippen LogP contribution is 2.10. The molecule has 0 unspecified atom stereocenters. The molecule has 0 saturated carbocycles. The summed E-state index contributed by atoms with van der Waals surface area (Å²) in [7, 11) is 1.92. The van der Waals surface area contributed by atoms with Gasteiger partial charge in [0.1, 0.15) is 0 Å². The topological polar surface area (TPSA) is 47.7 Å². The standard InChI is InChI=1S/C12H17N5/c1-4-6-13-12-14-10(2)8-17(12)9-11-5-7-16(3)15-11/h4-5,7-8H,1,6,9H2,2-3H3,(H,13,14). The van der Waals surface area contributed by atoms with Gasteiger partial charge in [-0.2, -0.15) is 5.10 Å². The fourth-order valence-electron chi connectivity index (χ4n) is 1.69. The molecule has 0 saturated heterocycles. The maximum atomic E-state index is 4.42. The SMILES string of the molecule is C=CCNc1nc(C)cn1Cc1ccn(C)n1. The minimum atomic E-state index is 0.707. The largest absolute Gasteiger partial charge is 0.352 e. The van der Waals surface area contributed by atoms with Gasteiger partial charge in [-0.1, -0.05) is 6.08 Å². The highest BCUT2D eigenvalue weighted by Gasteiger charge is 2.06. The van der Waals surface area contributed by atoms with Gasteiger partial charge >= 0.3 is 0 Å². The summed E-state index contributed by atoms with van der Waals surface area (Å²) < 4.78 is 3.86. The van der Waals surface area contributed by atoms with Crippen LogP contribution in [0, 0.1) is 6.92 Å². The van der Waals surface area contributed by atoms with Crippen LogP contribution in [-0.2, 0) is 13.6 Å². The molecule has 2 rings (SSSR count). The smallest absolute Gasteiger partial charge is 0.203 e.